The van der Waals surface area contributed by atoms with Gasteiger partial charge in [-0.2, -0.15) is 0 Å². The molecule has 1 rings (SSSR count). The van der Waals surface area contributed by atoms with Crippen LogP contribution in [0.1, 0.15) is 19.8 Å². The number of carbonyl (C=O) groups is 1. The van der Waals surface area contributed by atoms with Crippen molar-refractivity contribution in [2.45, 2.75) is 30.7 Å². The van der Waals surface area contributed by atoms with Gasteiger partial charge in [0.05, 0.1) is 16.6 Å². The van der Waals surface area contributed by atoms with Gasteiger partial charge in [-0.05, 0) is 40.5 Å². The van der Waals surface area contributed by atoms with Crippen LogP contribution >= 0.6 is 15.9 Å². The van der Waals surface area contributed by atoms with Crippen LogP contribution in [0.5, 0.6) is 0 Å². The maximum atomic E-state index is 11.7. The minimum atomic E-state index is -3.76. The zero-order valence-corrected chi connectivity index (χ0v) is 12.8. The number of rotatable bonds is 5. The van der Waals surface area contributed by atoms with Gasteiger partial charge in [0.2, 0.25) is 15.9 Å². The number of nitrogens with two attached hydrogens (primary N) is 2. The van der Waals surface area contributed by atoms with Crippen molar-refractivity contribution in [3.05, 3.63) is 22.7 Å². The van der Waals surface area contributed by atoms with Crippen LogP contribution in [-0.4, -0.2) is 20.4 Å². The van der Waals surface area contributed by atoms with Crippen molar-refractivity contribution >= 4 is 37.5 Å². The monoisotopic (exact) mass is 349 g/mol. The topological polar surface area (TPSA) is 115 Å². The molecule has 0 aromatic heterocycles. The third-order valence-corrected chi connectivity index (χ3v) is 4.03. The van der Waals surface area contributed by atoms with Crippen LogP contribution < -0.4 is 16.2 Å². The first kappa shape index (κ1) is 16.1. The predicted octanol–water partition coefficient (Wildman–Crippen LogP) is 1.16. The maximum Gasteiger partial charge on any atom is 0.241 e. The Morgan fingerprint density at radius 3 is 2.58 bits per heavy atom. The zero-order chi connectivity index (χ0) is 14.6. The van der Waals surface area contributed by atoms with Gasteiger partial charge in [-0.1, -0.05) is 13.3 Å². The number of hydrogen-bond acceptors (Lipinski definition) is 4. The Balaban J connectivity index is 2.90. The Bertz CT molecular complexity index is 575. The fraction of sp³-hybridized carbons (Fsp3) is 0.364. The van der Waals surface area contributed by atoms with Gasteiger partial charge in [0, 0.05) is 4.47 Å². The summed E-state index contributed by atoms with van der Waals surface area (Å²) in [5.41, 5.74) is 6.13. The molecule has 19 heavy (non-hydrogen) atoms. The van der Waals surface area contributed by atoms with Gasteiger partial charge in [-0.25, -0.2) is 13.6 Å². The highest BCUT2D eigenvalue weighted by molar-refractivity contribution is 9.10. The quantitative estimate of drug-likeness (QED) is 0.739. The van der Waals surface area contributed by atoms with E-state index in [1.54, 1.807) is 0 Å². The third-order valence-electron chi connectivity index (χ3n) is 2.46. The molecule has 106 valence electrons. The van der Waals surface area contributed by atoms with Crippen molar-refractivity contribution in [3.63, 3.8) is 0 Å². The fourth-order valence-corrected chi connectivity index (χ4v) is 2.61. The van der Waals surface area contributed by atoms with Crippen LogP contribution in [0, 0.1) is 0 Å². The molecule has 0 radical (unpaired) electrons. The highest BCUT2D eigenvalue weighted by Crippen LogP contribution is 2.25. The molecule has 6 nitrogen and oxygen atoms in total. The summed E-state index contributed by atoms with van der Waals surface area (Å²) in [5, 5.41) is 7.64. The summed E-state index contributed by atoms with van der Waals surface area (Å²) in [6, 6.07) is 3.52. The average Bonchev–Trinajstić information content (AvgIpc) is 2.30. The van der Waals surface area contributed by atoms with Crippen molar-refractivity contribution in [2.75, 3.05) is 5.32 Å². The molecule has 8 heteroatoms. The Hall–Kier alpha value is -0.960. The lowest BCUT2D eigenvalue weighted by atomic mass is 10.1. The van der Waals surface area contributed by atoms with Gasteiger partial charge >= 0.3 is 0 Å². The Kier molecular flexibility index (Phi) is 5.48. The molecule has 0 spiro atoms. The second-order valence-corrected chi connectivity index (χ2v) is 6.49. The molecular weight excluding hydrogens is 334 g/mol. The Labute approximate surface area is 120 Å². The van der Waals surface area contributed by atoms with Crippen LogP contribution in [0.4, 0.5) is 5.69 Å². The molecule has 5 N–H and O–H groups in total. The number of halogens is 1. The van der Waals surface area contributed by atoms with Gasteiger partial charge < -0.3 is 11.1 Å². The van der Waals surface area contributed by atoms with Crippen molar-refractivity contribution in [1.29, 1.82) is 0 Å². The minimum Gasteiger partial charge on any atom is -0.324 e. The normalized spacial score (nSPS) is 13.1. The van der Waals surface area contributed by atoms with Gasteiger partial charge in [0.25, 0.3) is 0 Å². The second-order valence-electron chi connectivity index (χ2n) is 4.07. The lowest BCUT2D eigenvalue weighted by molar-refractivity contribution is -0.117. The van der Waals surface area contributed by atoms with Crippen molar-refractivity contribution in [3.8, 4) is 0 Å². The van der Waals surface area contributed by atoms with Gasteiger partial charge in [-0.15, -0.1) is 0 Å². The molecule has 0 aliphatic rings. The van der Waals surface area contributed by atoms with Crippen molar-refractivity contribution in [1.82, 2.24) is 0 Å². The van der Waals surface area contributed by atoms with E-state index in [0.29, 0.717) is 16.6 Å². The fourth-order valence-electron chi connectivity index (χ4n) is 1.44. The lowest BCUT2D eigenvalue weighted by Crippen LogP contribution is -2.35. The van der Waals surface area contributed by atoms with E-state index in [1.165, 1.54) is 18.2 Å². The number of nitrogens with one attached hydrogen (secondary N) is 1. The van der Waals surface area contributed by atoms with E-state index in [1.807, 2.05) is 6.92 Å². The molecule has 0 fully saturated rings. The predicted molar refractivity (Wildman–Crippen MR) is 77.0 cm³/mol. The Morgan fingerprint density at radius 2 is 2.11 bits per heavy atom. The minimum absolute atomic E-state index is 0.0322. The molecule has 0 heterocycles. The van der Waals surface area contributed by atoms with Gasteiger partial charge in [0.15, 0.2) is 0 Å². The lowest BCUT2D eigenvalue weighted by Gasteiger charge is -2.12. The highest BCUT2D eigenvalue weighted by atomic mass is 79.9. The molecule has 0 saturated heterocycles. The van der Waals surface area contributed by atoms with E-state index < -0.39 is 16.1 Å². The molecule has 0 aliphatic heterocycles. The Morgan fingerprint density at radius 1 is 1.47 bits per heavy atom. The van der Waals surface area contributed by atoms with E-state index in [9.17, 15) is 13.2 Å². The average molecular weight is 350 g/mol. The summed E-state index contributed by atoms with van der Waals surface area (Å²) in [6.45, 7) is 1.93. The molecule has 1 aromatic rings. The van der Waals surface area contributed by atoms with Crippen molar-refractivity contribution in [2.24, 2.45) is 10.9 Å². The molecule has 1 amide bonds. The largest absolute Gasteiger partial charge is 0.324 e. The number of anilines is 1. The maximum absolute atomic E-state index is 11.7. The first-order valence-electron chi connectivity index (χ1n) is 5.64. The van der Waals surface area contributed by atoms with E-state index in [0.717, 1.165) is 6.42 Å². The summed E-state index contributed by atoms with van der Waals surface area (Å²) >= 11 is 3.18. The van der Waals surface area contributed by atoms with Crippen LogP contribution in [0.3, 0.4) is 0 Å². The van der Waals surface area contributed by atoms with E-state index in [2.05, 4.69) is 21.2 Å². The summed E-state index contributed by atoms with van der Waals surface area (Å²) in [5.74, 6) is -0.314. The molecule has 1 unspecified atom stereocenters. The van der Waals surface area contributed by atoms with Gasteiger partial charge in [-0.3, -0.25) is 4.79 Å². The smallest absolute Gasteiger partial charge is 0.241 e. The molecule has 1 aromatic carbocycles. The standard InChI is InChI=1S/C11H16BrN3O3S/c1-2-3-9(13)11(16)15-10-5-4-7(6-8(10)12)19(14,17)18/h4-6,9H,2-3,13H2,1H3,(H,15,16)(H2,14,17,18). The van der Waals surface area contributed by atoms with E-state index >= 15 is 0 Å². The first-order valence-corrected chi connectivity index (χ1v) is 7.98. The number of sulfonamides is 1. The number of benzene rings is 1. The third kappa shape index (κ3) is 4.57. The van der Waals surface area contributed by atoms with E-state index in [-0.39, 0.29) is 10.8 Å². The molecule has 0 bridgehead atoms. The SMILES string of the molecule is CCCC(N)C(=O)Nc1ccc(S(N)(=O)=O)cc1Br. The zero-order valence-electron chi connectivity index (χ0n) is 10.4. The van der Waals surface area contributed by atoms with Crippen LogP contribution in [-0.2, 0) is 14.8 Å². The van der Waals surface area contributed by atoms with Crippen LogP contribution in [0.25, 0.3) is 0 Å². The van der Waals surface area contributed by atoms with Gasteiger partial charge in [0.1, 0.15) is 0 Å². The molecule has 0 saturated carbocycles. The summed E-state index contributed by atoms with van der Waals surface area (Å²) in [4.78, 5) is 11.7. The van der Waals surface area contributed by atoms with Crippen molar-refractivity contribution < 1.29 is 13.2 Å². The van der Waals surface area contributed by atoms with Crippen LogP contribution in [0.2, 0.25) is 0 Å². The number of hydrogen-bond donors (Lipinski definition) is 3. The molecule has 0 aliphatic carbocycles. The molecule has 1 atom stereocenters. The van der Waals surface area contributed by atoms with Crippen LogP contribution in [0.15, 0.2) is 27.6 Å². The number of carbonyl (C=O) groups excluding carboxylic acids is 1. The summed E-state index contributed by atoms with van der Waals surface area (Å²) in [7, 11) is -3.76. The second kappa shape index (κ2) is 6.47. The first-order chi connectivity index (χ1) is 8.75. The van der Waals surface area contributed by atoms with E-state index in [4.69, 9.17) is 10.9 Å². The number of primary sulfonamides is 1. The highest BCUT2D eigenvalue weighted by Gasteiger charge is 2.15. The molecular formula is C11H16BrN3O3S. The number of amides is 1. The summed E-state index contributed by atoms with van der Waals surface area (Å²) in [6.07, 6.45) is 1.39. The summed E-state index contributed by atoms with van der Waals surface area (Å²) < 4.78 is 22.8.